The first-order chi connectivity index (χ1) is 12.1. The monoisotopic (exact) mass is 340 g/mol. The SMILES string of the molecule is O=C(NCCC(C(=O)O)c1cn[nH]c1)c1cccc(-c2cnco2)c1. The molecule has 0 aliphatic carbocycles. The Hall–Kier alpha value is -3.42. The Kier molecular flexibility index (Phi) is 4.89. The number of benzene rings is 1. The van der Waals surface area contributed by atoms with Crippen LogP contribution in [0, 0.1) is 0 Å². The van der Waals surface area contributed by atoms with Crippen LogP contribution < -0.4 is 5.32 Å². The van der Waals surface area contributed by atoms with Gasteiger partial charge in [-0.2, -0.15) is 5.10 Å². The summed E-state index contributed by atoms with van der Waals surface area (Å²) in [6.45, 7) is 0.230. The molecule has 0 aliphatic heterocycles. The van der Waals surface area contributed by atoms with Gasteiger partial charge in [0.25, 0.3) is 5.91 Å². The summed E-state index contributed by atoms with van der Waals surface area (Å²) in [5, 5.41) is 18.4. The molecule has 0 aliphatic rings. The number of aromatic nitrogens is 3. The minimum Gasteiger partial charge on any atom is -0.481 e. The second kappa shape index (κ2) is 7.43. The van der Waals surface area contributed by atoms with Crippen molar-refractivity contribution in [1.29, 1.82) is 0 Å². The number of rotatable bonds is 7. The second-order valence-corrected chi connectivity index (χ2v) is 5.41. The van der Waals surface area contributed by atoms with Crippen LogP contribution in [0.1, 0.15) is 28.3 Å². The fourth-order valence-electron chi connectivity index (χ4n) is 2.49. The molecule has 3 rings (SSSR count). The van der Waals surface area contributed by atoms with Crippen molar-refractivity contribution in [1.82, 2.24) is 20.5 Å². The lowest BCUT2D eigenvalue weighted by atomic mass is 9.99. The van der Waals surface area contributed by atoms with Crippen molar-refractivity contribution in [2.45, 2.75) is 12.3 Å². The standard InChI is InChI=1S/C17H16N4O4/c22-16(12-3-1-2-11(6-12)15-9-18-10-25-15)19-5-4-14(17(23)24)13-7-20-21-8-13/h1-3,6-10,14H,4-5H2,(H,19,22)(H,20,21)(H,23,24). The van der Waals surface area contributed by atoms with Gasteiger partial charge in [0.2, 0.25) is 0 Å². The van der Waals surface area contributed by atoms with Crippen LogP contribution in [-0.4, -0.2) is 38.7 Å². The summed E-state index contributed by atoms with van der Waals surface area (Å²) in [4.78, 5) is 27.5. The molecular weight excluding hydrogens is 324 g/mol. The van der Waals surface area contributed by atoms with Gasteiger partial charge < -0.3 is 14.8 Å². The summed E-state index contributed by atoms with van der Waals surface area (Å²) in [6, 6.07) is 6.94. The van der Waals surface area contributed by atoms with Gasteiger partial charge in [0.15, 0.2) is 12.2 Å². The molecule has 0 saturated carbocycles. The Morgan fingerprint density at radius 3 is 2.88 bits per heavy atom. The fourth-order valence-corrected chi connectivity index (χ4v) is 2.49. The van der Waals surface area contributed by atoms with Crippen LogP contribution in [-0.2, 0) is 4.79 Å². The number of aliphatic carboxylic acids is 1. The molecule has 0 saturated heterocycles. The smallest absolute Gasteiger partial charge is 0.311 e. The van der Waals surface area contributed by atoms with E-state index in [1.807, 2.05) is 6.07 Å². The molecule has 0 bridgehead atoms. The number of nitrogens with one attached hydrogen (secondary N) is 2. The quantitative estimate of drug-likeness (QED) is 0.605. The zero-order valence-electron chi connectivity index (χ0n) is 13.2. The van der Waals surface area contributed by atoms with E-state index in [1.165, 1.54) is 12.6 Å². The van der Waals surface area contributed by atoms with E-state index in [1.54, 1.807) is 30.6 Å². The van der Waals surface area contributed by atoms with Gasteiger partial charge >= 0.3 is 5.97 Å². The normalized spacial score (nSPS) is 11.8. The molecule has 3 N–H and O–H groups in total. The highest BCUT2D eigenvalue weighted by Crippen LogP contribution is 2.20. The van der Waals surface area contributed by atoms with Crippen LogP contribution in [0.5, 0.6) is 0 Å². The zero-order valence-corrected chi connectivity index (χ0v) is 13.2. The van der Waals surface area contributed by atoms with Crippen molar-refractivity contribution < 1.29 is 19.1 Å². The molecular formula is C17H16N4O4. The number of carbonyl (C=O) groups is 2. The molecule has 1 atom stereocenters. The number of hydrogen-bond donors (Lipinski definition) is 3. The molecule has 8 nitrogen and oxygen atoms in total. The summed E-state index contributed by atoms with van der Waals surface area (Å²) in [6.07, 6.45) is 6.18. The molecule has 25 heavy (non-hydrogen) atoms. The summed E-state index contributed by atoms with van der Waals surface area (Å²) < 4.78 is 5.22. The maximum Gasteiger partial charge on any atom is 0.311 e. The Balaban J connectivity index is 1.61. The number of nitrogens with zero attached hydrogens (tertiary/aromatic N) is 2. The maximum absolute atomic E-state index is 12.3. The predicted molar refractivity (Wildman–Crippen MR) is 87.9 cm³/mol. The number of H-pyrrole nitrogens is 1. The third-order valence-corrected chi connectivity index (χ3v) is 3.78. The molecule has 1 aromatic carbocycles. The van der Waals surface area contributed by atoms with Gasteiger partial charge in [-0.25, -0.2) is 4.98 Å². The average molecular weight is 340 g/mol. The van der Waals surface area contributed by atoms with Crippen molar-refractivity contribution in [2.75, 3.05) is 6.54 Å². The van der Waals surface area contributed by atoms with Crippen molar-refractivity contribution in [3.05, 3.63) is 60.4 Å². The molecule has 3 aromatic rings. The van der Waals surface area contributed by atoms with E-state index in [2.05, 4.69) is 20.5 Å². The lowest BCUT2D eigenvalue weighted by Gasteiger charge is -2.11. The highest BCUT2D eigenvalue weighted by atomic mass is 16.4. The van der Waals surface area contributed by atoms with Crippen LogP contribution in [0.3, 0.4) is 0 Å². The lowest BCUT2D eigenvalue weighted by molar-refractivity contribution is -0.138. The van der Waals surface area contributed by atoms with Gasteiger partial charge in [0.1, 0.15) is 0 Å². The van der Waals surface area contributed by atoms with Crippen molar-refractivity contribution >= 4 is 11.9 Å². The first kappa shape index (κ1) is 16.4. The number of hydrogen-bond acceptors (Lipinski definition) is 5. The van der Waals surface area contributed by atoms with Gasteiger partial charge in [-0.1, -0.05) is 12.1 Å². The molecule has 1 amide bonds. The van der Waals surface area contributed by atoms with Crippen LogP contribution in [0.25, 0.3) is 11.3 Å². The highest BCUT2D eigenvalue weighted by Gasteiger charge is 2.20. The largest absolute Gasteiger partial charge is 0.481 e. The first-order valence-electron chi connectivity index (χ1n) is 7.64. The van der Waals surface area contributed by atoms with E-state index in [0.717, 1.165) is 5.56 Å². The van der Waals surface area contributed by atoms with Gasteiger partial charge in [-0.15, -0.1) is 0 Å². The Labute approximate surface area is 142 Å². The zero-order chi connectivity index (χ0) is 17.6. The van der Waals surface area contributed by atoms with Gasteiger partial charge in [0, 0.05) is 29.4 Å². The van der Waals surface area contributed by atoms with Crippen molar-refractivity contribution in [2.24, 2.45) is 0 Å². The predicted octanol–water partition coefficient (Wildman–Crippen LogP) is 2.05. The van der Waals surface area contributed by atoms with Crippen LogP contribution in [0.4, 0.5) is 0 Å². The van der Waals surface area contributed by atoms with E-state index in [4.69, 9.17) is 4.42 Å². The van der Waals surface area contributed by atoms with E-state index < -0.39 is 11.9 Å². The first-order valence-corrected chi connectivity index (χ1v) is 7.64. The number of carbonyl (C=O) groups excluding carboxylic acids is 1. The Bertz CT molecular complexity index is 843. The number of aromatic amines is 1. The number of carboxylic acid groups (broad SMARTS) is 1. The molecule has 2 aromatic heterocycles. The maximum atomic E-state index is 12.3. The summed E-state index contributed by atoms with van der Waals surface area (Å²) >= 11 is 0. The van der Waals surface area contributed by atoms with Crippen LogP contribution >= 0.6 is 0 Å². The molecule has 128 valence electrons. The number of oxazole rings is 1. The molecule has 0 radical (unpaired) electrons. The third kappa shape index (κ3) is 3.92. The Morgan fingerprint density at radius 1 is 1.32 bits per heavy atom. The summed E-state index contributed by atoms with van der Waals surface area (Å²) in [5.41, 5.74) is 1.78. The summed E-state index contributed by atoms with van der Waals surface area (Å²) in [7, 11) is 0. The van der Waals surface area contributed by atoms with E-state index in [-0.39, 0.29) is 18.9 Å². The van der Waals surface area contributed by atoms with Gasteiger partial charge in [-0.05, 0) is 18.6 Å². The van der Waals surface area contributed by atoms with E-state index >= 15 is 0 Å². The van der Waals surface area contributed by atoms with Gasteiger partial charge in [-0.3, -0.25) is 14.7 Å². The van der Waals surface area contributed by atoms with Crippen molar-refractivity contribution in [3.63, 3.8) is 0 Å². The lowest BCUT2D eigenvalue weighted by Crippen LogP contribution is -2.27. The highest BCUT2D eigenvalue weighted by molar-refractivity contribution is 5.95. The number of amides is 1. The fraction of sp³-hybridized carbons (Fsp3) is 0.176. The Morgan fingerprint density at radius 2 is 2.20 bits per heavy atom. The molecule has 0 fully saturated rings. The minimum absolute atomic E-state index is 0.230. The molecule has 2 heterocycles. The van der Waals surface area contributed by atoms with E-state index in [0.29, 0.717) is 16.9 Å². The van der Waals surface area contributed by atoms with Gasteiger partial charge in [0.05, 0.1) is 18.3 Å². The number of carboxylic acids is 1. The minimum atomic E-state index is -0.956. The average Bonchev–Trinajstić information content (AvgIpc) is 3.31. The molecule has 8 heteroatoms. The van der Waals surface area contributed by atoms with E-state index in [9.17, 15) is 14.7 Å². The topological polar surface area (TPSA) is 121 Å². The third-order valence-electron chi connectivity index (χ3n) is 3.78. The molecule has 1 unspecified atom stereocenters. The summed E-state index contributed by atoms with van der Waals surface area (Å²) in [5.74, 6) is -1.39. The van der Waals surface area contributed by atoms with Crippen molar-refractivity contribution in [3.8, 4) is 11.3 Å². The second-order valence-electron chi connectivity index (χ2n) is 5.41. The van der Waals surface area contributed by atoms with Crippen LogP contribution in [0.2, 0.25) is 0 Å². The van der Waals surface area contributed by atoms with Crippen LogP contribution in [0.15, 0.2) is 53.7 Å². The molecule has 0 spiro atoms.